The van der Waals surface area contributed by atoms with Crippen LogP contribution in [0, 0.1) is 0 Å². The van der Waals surface area contributed by atoms with Crippen LogP contribution in [0.25, 0.3) is 0 Å². The van der Waals surface area contributed by atoms with Crippen molar-refractivity contribution < 1.29 is 24.3 Å². The molecule has 0 aromatic heterocycles. The van der Waals surface area contributed by atoms with Crippen LogP contribution in [0.15, 0.2) is 0 Å². The van der Waals surface area contributed by atoms with E-state index in [0.717, 1.165) is 0 Å². The van der Waals surface area contributed by atoms with E-state index in [2.05, 4.69) is 7.32 Å². The van der Waals surface area contributed by atoms with Gasteiger partial charge in [0.1, 0.15) is 0 Å². The largest absolute Gasteiger partial charge is 0.147 e. The Bertz CT molecular complexity index is 21.2. The van der Waals surface area contributed by atoms with Gasteiger partial charge in [-0.15, -0.1) is 24.8 Å². The van der Waals surface area contributed by atoms with Crippen LogP contribution in [0.2, 0.25) is 0 Å². The van der Waals surface area contributed by atoms with Crippen LogP contribution < -0.4 is 0 Å². The van der Waals surface area contributed by atoms with Crippen LogP contribution in [0.3, 0.4) is 0 Å². The number of hydrogen-bond acceptors (Lipinski definition) is 2. The maximum atomic E-state index is 4.56. The zero-order chi connectivity index (χ0) is 4.12. The van der Waals surface area contributed by atoms with Crippen molar-refractivity contribution in [2.24, 2.45) is 0 Å². The predicted octanol–water partition coefficient (Wildman–Crippen LogP) is 1.04. The minimum absolute atomic E-state index is 0. The second-order valence-corrected chi connectivity index (χ2v) is 1.81. The second-order valence-electron chi connectivity index (χ2n) is 0.440. The van der Waals surface area contributed by atoms with Gasteiger partial charge in [0, 0.05) is 0 Å². The van der Waals surface area contributed by atoms with E-state index in [-0.39, 0.29) is 41.8 Å². The van der Waals surface area contributed by atoms with Crippen molar-refractivity contribution in [3.63, 3.8) is 0 Å². The van der Waals surface area contributed by atoms with Gasteiger partial charge in [-0.3, -0.25) is 0 Å². The van der Waals surface area contributed by atoms with Gasteiger partial charge in [-0.05, 0) is 0 Å². The summed E-state index contributed by atoms with van der Waals surface area (Å²) in [6.45, 7) is 0. The molecular formula is C2H8Cl2O2V. The van der Waals surface area contributed by atoms with Crippen LogP contribution in [0.4, 0.5) is 0 Å². The van der Waals surface area contributed by atoms with Crippen molar-refractivity contribution >= 4 is 24.8 Å². The minimum Gasteiger partial charge on any atom is -0.147 e. The van der Waals surface area contributed by atoms with Crippen molar-refractivity contribution in [3.8, 4) is 0 Å². The van der Waals surface area contributed by atoms with Crippen molar-refractivity contribution in [2.75, 3.05) is 14.2 Å². The van der Waals surface area contributed by atoms with Crippen molar-refractivity contribution in [3.05, 3.63) is 0 Å². The molecule has 0 aliphatic carbocycles. The Morgan fingerprint density at radius 1 is 1.00 bits per heavy atom. The van der Waals surface area contributed by atoms with Crippen LogP contribution in [0.5, 0.6) is 0 Å². The van der Waals surface area contributed by atoms with Gasteiger partial charge in [-0.2, -0.15) is 0 Å². The number of rotatable bonds is 2. The molecule has 0 N–H and O–H groups in total. The molecule has 7 heavy (non-hydrogen) atoms. The van der Waals surface area contributed by atoms with Gasteiger partial charge in [0.2, 0.25) is 0 Å². The van der Waals surface area contributed by atoms with Gasteiger partial charge in [0.15, 0.2) is 0 Å². The fourth-order valence-corrected chi connectivity index (χ4v) is 0.307. The molecule has 0 aliphatic rings. The van der Waals surface area contributed by atoms with E-state index in [4.69, 9.17) is 0 Å². The molecule has 0 aromatic rings. The van der Waals surface area contributed by atoms with Gasteiger partial charge < -0.3 is 0 Å². The van der Waals surface area contributed by atoms with Crippen molar-refractivity contribution in [1.82, 2.24) is 0 Å². The van der Waals surface area contributed by atoms with Crippen molar-refractivity contribution in [1.29, 1.82) is 0 Å². The molecule has 0 aliphatic heterocycles. The van der Waals surface area contributed by atoms with E-state index >= 15 is 0 Å². The third-order valence-electron chi connectivity index (χ3n) is 0.149. The topological polar surface area (TPSA) is 18.5 Å². The average molecular weight is 186 g/mol. The third kappa shape index (κ3) is 19.3. The summed E-state index contributed by atoms with van der Waals surface area (Å²) in [6.07, 6.45) is 0. The molecule has 47 valence electrons. The molecule has 5 heteroatoms. The van der Waals surface area contributed by atoms with Gasteiger partial charge in [0.05, 0.1) is 0 Å². The summed E-state index contributed by atoms with van der Waals surface area (Å²) >= 11 is -0.257. The van der Waals surface area contributed by atoms with E-state index < -0.39 is 0 Å². The molecular weight excluding hydrogens is 178 g/mol. The summed E-state index contributed by atoms with van der Waals surface area (Å²) in [6, 6.07) is 0. The molecule has 0 rings (SSSR count). The van der Waals surface area contributed by atoms with Gasteiger partial charge in [-0.1, -0.05) is 0 Å². The monoisotopic (exact) mass is 185 g/mol. The molecule has 0 heterocycles. The van der Waals surface area contributed by atoms with Crippen molar-refractivity contribution in [2.45, 2.75) is 0 Å². The number of halogens is 2. The molecule has 0 saturated carbocycles. The van der Waals surface area contributed by atoms with Crippen LogP contribution in [-0.4, -0.2) is 14.2 Å². The predicted molar refractivity (Wildman–Crippen MR) is 28.5 cm³/mol. The minimum atomic E-state index is -0.257. The van der Waals surface area contributed by atoms with E-state index in [1.165, 1.54) is 0 Å². The summed E-state index contributed by atoms with van der Waals surface area (Å²) in [4.78, 5) is 0. The zero-order valence-corrected chi connectivity index (χ0v) is 7.11. The first kappa shape index (κ1) is 15.7. The Labute approximate surface area is 63.6 Å². The first-order chi connectivity index (χ1) is 2.41. The molecule has 0 bridgehead atoms. The molecule has 0 spiro atoms. The Morgan fingerprint density at radius 3 is 1.29 bits per heavy atom. The molecule has 0 aromatic carbocycles. The summed E-state index contributed by atoms with van der Waals surface area (Å²) in [7, 11) is 3.26. The molecule has 2 nitrogen and oxygen atoms in total. The Hall–Kier alpha value is 1.08. The molecule has 0 atom stereocenters. The average Bonchev–Trinajstić information content (AvgIpc) is 1.41. The standard InChI is InChI=1S/2CH3O.2ClH.V/c2*1-2;;;/h2*1H3;2*1H;/q2*-1;;;+2. The summed E-state index contributed by atoms with van der Waals surface area (Å²) in [5.74, 6) is 0. The molecule has 0 unspecified atom stereocenters. The fraction of sp³-hybridized carbons (Fsp3) is 1.00. The quantitative estimate of drug-likeness (QED) is 0.641. The second kappa shape index (κ2) is 15.7. The third-order valence-corrected chi connectivity index (χ3v) is 0.615. The summed E-state index contributed by atoms with van der Waals surface area (Å²) < 4.78 is 9.12. The van der Waals surface area contributed by atoms with E-state index in [0.29, 0.717) is 0 Å². The molecule has 0 saturated heterocycles. The van der Waals surface area contributed by atoms with E-state index in [1.54, 1.807) is 14.2 Å². The summed E-state index contributed by atoms with van der Waals surface area (Å²) in [5.41, 5.74) is 0. The maximum absolute atomic E-state index is 4.56. The normalized spacial score (nSPS) is 5.43. The summed E-state index contributed by atoms with van der Waals surface area (Å²) in [5, 5.41) is 0. The van der Waals surface area contributed by atoms with Crippen LogP contribution >= 0.6 is 24.8 Å². The van der Waals surface area contributed by atoms with Crippen LogP contribution in [0.1, 0.15) is 0 Å². The Balaban J connectivity index is -0.0000000800. The fourth-order valence-electron chi connectivity index (χ4n) is 0.0745. The van der Waals surface area contributed by atoms with Crippen LogP contribution in [-0.2, 0) is 24.3 Å². The van der Waals surface area contributed by atoms with Gasteiger partial charge in [-0.25, -0.2) is 0 Å². The molecule has 0 amide bonds. The molecule has 0 fully saturated rings. The van der Waals surface area contributed by atoms with E-state index in [9.17, 15) is 0 Å². The SMILES string of the molecule is C[O][V][O]C.Cl.Cl. The Morgan fingerprint density at radius 2 is 1.29 bits per heavy atom. The Kier molecular flexibility index (Phi) is 35.2. The van der Waals surface area contributed by atoms with E-state index in [1.807, 2.05) is 0 Å². The maximum Gasteiger partial charge on any atom is -0.147 e. The van der Waals surface area contributed by atoms with Gasteiger partial charge in [0.25, 0.3) is 0 Å². The zero-order valence-electron chi connectivity index (χ0n) is 4.08. The smallest absolute Gasteiger partial charge is 0.147 e. The first-order valence-electron chi connectivity index (χ1n) is 1.18. The van der Waals surface area contributed by atoms with Gasteiger partial charge >= 0.3 is 38.5 Å². The molecule has 0 radical (unpaired) electrons. The first-order valence-corrected chi connectivity index (χ1v) is 2.32. The number of hydrogen-bond donors (Lipinski definition) is 0.